The number of nitrogens with zero attached hydrogens (tertiary/aromatic N) is 4. The molecule has 4 heterocycles. The smallest absolute Gasteiger partial charge is 0.252 e. The summed E-state index contributed by atoms with van der Waals surface area (Å²) in [6, 6.07) is 2.46. The Morgan fingerprint density at radius 1 is 0.907 bits per heavy atom. The van der Waals surface area contributed by atoms with Crippen molar-refractivity contribution in [1.82, 2.24) is 19.2 Å². The van der Waals surface area contributed by atoms with Crippen LogP contribution in [0.15, 0.2) is 45.9 Å². The summed E-state index contributed by atoms with van der Waals surface area (Å²) in [5.41, 5.74) is 17.9. The second kappa shape index (κ2) is 16.9. The fraction of sp³-hybridized carbons (Fsp3) is 0.385. The zero-order valence-electron chi connectivity index (χ0n) is 23.4. The third-order valence-electron chi connectivity index (χ3n) is 6.21. The number of hydrogen-bond donors (Lipinski definition) is 8. The average Bonchev–Trinajstić information content (AvgIpc) is 3.56. The Balaban J connectivity index is 0.000000252. The number of fused-ring (bicyclic) bond motifs is 2. The molecule has 236 valence electrons. The molecule has 0 aliphatic heterocycles. The van der Waals surface area contributed by atoms with Gasteiger partial charge in [-0.25, -0.2) is 9.03 Å². The summed E-state index contributed by atoms with van der Waals surface area (Å²) in [5, 5.41) is 47.9. The molecule has 0 saturated heterocycles. The maximum absolute atomic E-state index is 11.6. The van der Waals surface area contributed by atoms with Crippen molar-refractivity contribution in [3.05, 3.63) is 62.0 Å². The predicted molar refractivity (Wildman–Crippen MR) is 170 cm³/mol. The van der Waals surface area contributed by atoms with Crippen molar-refractivity contribution in [2.75, 3.05) is 18.5 Å². The first kappa shape index (κ1) is 36.4. The molecule has 14 nitrogen and oxygen atoms in total. The first-order valence-electron chi connectivity index (χ1n) is 13.0. The highest BCUT2D eigenvalue weighted by atomic mass is 79.9. The average molecular weight is 751 g/mol. The number of rotatable bonds is 10. The molecule has 0 aromatic carbocycles. The zero-order chi connectivity index (χ0) is 32.4. The zero-order valence-corrected chi connectivity index (χ0v) is 27.3. The SMILES string of the molecule is CCC(O)[C@H](N)CO.CC[C@@H](O)[C@@H](CO)Nc1c(C(N)=O)cnn2cc(Br)cc12.NC(=O)c1cnn2cc(Br)cc2c1Cl. The van der Waals surface area contributed by atoms with Gasteiger partial charge in [0.05, 0.1) is 82.8 Å². The highest BCUT2D eigenvalue weighted by Gasteiger charge is 2.22. The van der Waals surface area contributed by atoms with Crippen molar-refractivity contribution in [2.24, 2.45) is 17.2 Å². The number of aliphatic hydroxyl groups excluding tert-OH is 4. The number of aromatic nitrogens is 4. The van der Waals surface area contributed by atoms with E-state index in [-0.39, 0.29) is 24.3 Å². The molecular weight excluding hydrogens is 716 g/mol. The molecule has 0 saturated carbocycles. The lowest BCUT2D eigenvalue weighted by atomic mass is 10.1. The van der Waals surface area contributed by atoms with Gasteiger partial charge in [-0.2, -0.15) is 10.2 Å². The van der Waals surface area contributed by atoms with Gasteiger partial charge in [0.2, 0.25) is 0 Å². The molecule has 1 unspecified atom stereocenters. The van der Waals surface area contributed by atoms with Crippen LogP contribution in [0.2, 0.25) is 5.02 Å². The molecule has 4 rings (SSSR count). The standard InChI is InChI=1S/C13H17BrN4O3.C8H5BrClN3O.C5H13NO2/c1-2-11(20)9(6-19)17-12-8(13(15)21)4-16-18-5-7(14)3-10(12)18;9-4-1-6-7(10)5(8(11)14)2-12-13(6)3-4;1-2-5(8)4(6)3-7/h3-5,9,11,17,19-20H,2,6H2,1H3,(H2,15,21);1-3H,(H2,11,14);4-5,7-8H,2-3,6H2,1H3/t9-,11-;;4-,5?/m1.1/s1. The van der Waals surface area contributed by atoms with Gasteiger partial charge < -0.3 is 42.9 Å². The molecule has 0 radical (unpaired) electrons. The van der Waals surface area contributed by atoms with Crippen molar-refractivity contribution in [3.8, 4) is 0 Å². The molecule has 4 aromatic heterocycles. The number of nitrogens with two attached hydrogens (primary N) is 3. The van der Waals surface area contributed by atoms with Gasteiger partial charge in [-0.3, -0.25) is 9.59 Å². The quantitative estimate of drug-likeness (QED) is 0.117. The maximum atomic E-state index is 11.6. The topological polar surface area (TPSA) is 240 Å². The number of aliphatic hydroxyl groups is 4. The molecule has 43 heavy (non-hydrogen) atoms. The van der Waals surface area contributed by atoms with Crippen LogP contribution in [0.5, 0.6) is 0 Å². The van der Waals surface area contributed by atoms with Gasteiger partial charge in [-0.15, -0.1) is 0 Å². The maximum Gasteiger partial charge on any atom is 0.252 e. The number of primary amides is 2. The number of carbonyl (C=O) groups is 2. The largest absolute Gasteiger partial charge is 0.395 e. The molecule has 4 atom stereocenters. The first-order chi connectivity index (χ1) is 20.3. The summed E-state index contributed by atoms with van der Waals surface area (Å²) in [5.74, 6) is -1.21. The second-order valence-corrected chi connectivity index (χ2v) is 11.5. The molecule has 0 aliphatic carbocycles. The van der Waals surface area contributed by atoms with Crippen LogP contribution in [-0.2, 0) is 0 Å². The minimum absolute atomic E-state index is 0.144. The summed E-state index contributed by atoms with van der Waals surface area (Å²) >= 11 is 12.6. The molecule has 0 aliphatic rings. The second-order valence-electron chi connectivity index (χ2n) is 9.24. The van der Waals surface area contributed by atoms with Crippen molar-refractivity contribution in [1.29, 1.82) is 0 Å². The van der Waals surface area contributed by atoms with E-state index < -0.39 is 36.1 Å². The van der Waals surface area contributed by atoms with Crippen molar-refractivity contribution in [2.45, 2.75) is 51.0 Å². The molecule has 4 aromatic rings. The molecule has 11 N–H and O–H groups in total. The Morgan fingerprint density at radius 2 is 1.40 bits per heavy atom. The number of amides is 2. The fourth-order valence-corrected chi connectivity index (χ4v) is 4.79. The van der Waals surface area contributed by atoms with E-state index in [4.69, 9.17) is 39.0 Å². The van der Waals surface area contributed by atoms with E-state index in [0.717, 1.165) is 8.95 Å². The van der Waals surface area contributed by atoms with Crippen molar-refractivity contribution < 1.29 is 30.0 Å². The van der Waals surface area contributed by atoms with Crippen LogP contribution < -0.4 is 22.5 Å². The van der Waals surface area contributed by atoms with Gasteiger partial charge in [-0.1, -0.05) is 25.4 Å². The number of nitrogens with one attached hydrogen (secondary N) is 1. The number of halogens is 3. The van der Waals surface area contributed by atoms with Crippen LogP contribution in [0, 0.1) is 0 Å². The minimum Gasteiger partial charge on any atom is -0.395 e. The number of anilines is 1. The van der Waals surface area contributed by atoms with Crippen LogP contribution in [-0.4, -0.2) is 89.0 Å². The van der Waals surface area contributed by atoms with E-state index in [1.165, 1.54) is 12.4 Å². The molecule has 2 amide bonds. The Hall–Kier alpha value is -2.83. The summed E-state index contributed by atoms with van der Waals surface area (Å²) in [6.07, 6.45) is 5.95. The molecule has 0 bridgehead atoms. The third-order valence-corrected chi connectivity index (χ3v) is 7.47. The lowest BCUT2D eigenvalue weighted by molar-refractivity contribution is 0.0991. The van der Waals surface area contributed by atoms with Crippen LogP contribution in [0.4, 0.5) is 5.69 Å². The Labute approximate surface area is 269 Å². The lowest BCUT2D eigenvalue weighted by Crippen LogP contribution is -2.37. The van der Waals surface area contributed by atoms with Gasteiger partial charge in [0, 0.05) is 21.3 Å². The first-order valence-corrected chi connectivity index (χ1v) is 14.9. The van der Waals surface area contributed by atoms with E-state index >= 15 is 0 Å². The number of carbonyl (C=O) groups excluding carboxylic acids is 2. The van der Waals surface area contributed by atoms with Gasteiger partial charge in [0.1, 0.15) is 0 Å². The molecule has 0 fully saturated rings. The highest BCUT2D eigenvalue weighted by molar-refractivity contribution is 9.10. The minimum atomic E-state index is -0.748. The van der Waals surface area contributed by atoms with Crippen molar-refractivity contribution in [3.63, 3.8) is 0 Å². The molecule has 17 heteroatoms. The van der Waals surface area contributed by atoms with E-state index in [1.54, 1.807) is 40.5 Å². The van der Waals surface area contributed by atoms with Gasteiger partial charge in [0.15, 0.2) is 0 Å². The summed E-state index contributed by atoms with van der Waals surface area (Å²) in [6.45, 7) is 3.21. The van der Waals surface area contributed by atoms with E-state index in [1.807, 2.05) is 6.92 Å². The van der Waals surface area contributed by atoms with E-state index in [2.05, 4.69) is 47.4 Å². The van der Waals surface area contributed by atoms with E-state index in [9.17, 15) is 19.8 Å². The van der Waals surface area contributed by atoms with Crippen LogP contribution in [0.25, 0.3) is 11.0 Å². The van der Waals surface area contributed by atoms with Gasteiger partial charge in [0.25, 0.3) is 11.8 Å². The third kappa shape index (κ3) is 9.58. The monoisotopic (exact) mass is 748 g/mol. The van der Waals surface area contributed by atoms with Gasteiger partial charge >= 0.3 is 0 Å². The Kier molecular flexibility index (Phi) is 14.3. The predicted octanol–water partition coefficient (Wildman–Crippen LogP) is 1.67. The Morgan fingerprint density at radius 3 is 1.84 bits per heavy atom. The normalized spacial score (nSPS) is 13.7. The summed E-state index contributed by atoms with van der Waals surface area (Å²) < 4.78 is 4.77. The summed E-state index contributed by atoms with van der Waals surface area (Å²) in [4.78, 5) is 22.5. The lowest BCUT2D eigenvalue weighted by Gasteiger charge is -2.23. The molecule has 0 spiro atoms. The van der Waals surface area contributed by atoms with E-state index in [0.29, 0.717) is 34.6 Å². The van der Waals surface area contributed by atoms with Crippen LogP contribution in [0.3, 0.4) is 0 Å². The Bertz CT molecular complexity index is 1530. The number of hydrogen-bond acceptors (Lipinski definition) is 10. The molecular formula is C26H35Br2ClN8O6. The van der Waals surface area contributed by atoms with Gasteiger partial charge in [-0.05, 0) is 56.8 Å². The van der Waals surface area contributed by atoms with Crippen LogP contribution in [0.1, 0.15) is 47.4 Å². The van der Waals surface area contributed by atoms with Crippen LogP contribution >= 0.6 is 43.5 Å². The fourth-order valence-electron chi connectivity index (χ4n) is 3.69. The summed E-state index contributed by atoms with van der Waals surface area (Å²) in [7, 11) is 0. The van der Waals surface area contributed by atoms with Crippen molar-refractivity contribution >= 4 is 72.0 Å². The highest BCUT2D eigenvalue weighted by Crippen LogP contribution is 2.27.